The zero-order valence-corrected chi connectivity index (χ0v) is 18.7. The first-order valence-electron chi connectivity index (χ1n) is 10.1. The maximum absolute atomic E-state index is 5.76. The van der Waals surface area contributed by atoms with Crippen LogP contribution in [0.2, 0.25) is 0 Å². The monoisotopic (exact) mass is 378 g/mol. The molecular formula is C20H42O6. The highest BCUT2D eigenvalue weighted by atomic mass is 17.4. The maximum atomic E-state index is 5.76. The van der Waals surface area contributed by atoms with Gasteiger partial charge in [0.1, 0.15) is 0 Å². The van der Waals surface area contributed by atoms with Gasteiger partial charge in [-0.1, -0.05) is 41.5 Å². The zero-order chi connectivity index (χ0) is 20.5. The van der Waals surface area contributed by atoms with Crippen LogP contribution in [0.3, 0.4) is 0 Å². The Morgan fingerprint density at radius 2 is 0.615 bits per heavy atom. The molecule has 0 spiro atoms. The smallest absolute Gasteiger partial charge is 0.228 e. The largest absolute Gasteiger partial charge is 0.233 e. The Kier molecular flexibility index (Phi) is 10.8. The van der Waals surface area contributed by atoms with E-state index in [9.17, 15) is 0 Å². The van der Waals surface area contributed by atoms with Gasteiger partial charge in [0.25, 0.3) is 0 Å². The lowest BCUT2D eigenvalue weighted by molar-refractivity contribution is -0.594. The van der Waals surface area contributed by atoms with Gasteiger partial charge in [0.2, 0.25) is 11.6 Å². The Hall–Kier alpha value is -0.240. The third kappa shape index (κ3) is 8.19. The van der Waals surface area contributed by atoms with Crippen LogP contribution in [-0.2, 0) is 29.3 Å². The fraction of sp³-hybridized carbons (Fsp3) is 1.00. The molecule has 0 atom stereocenters. The van der Waals surface area contributed by atoms with Crippen LogP contribution in [0, 0.1) is 0 Å². The highest BCUT2D eigenvalue weighted by molar-refractivity contribution is 4.68. The third-order valence-electron chi connectivity index (χ3n) is 5.04. The second kappa shape index (κ2) is 10.9. The summed E-state index contributed by atoms with van der Waals surface area (Å²) in [5, 5.41) is 0. The fourth-order valence-electron chi connectivity index (χ4n) is 1.65. The molecule has 0 fully saturated rings. The standard InChI is InChI=1S/C20H42O6/c1-11-17(7,8)21-23-19(13-3,14-4)25-26-20(15-5,16-6)24-22-18(9,10)12-2/h11-16H2,1-10H3. The second-order valence-corrected chi connectivity index (χ2v) is 7.96. The van der Waals surface area contributed by atoms with Crippen LogP contribution in [0.5, 0.6) is 0 Å². The number of hydrogen-bond donors (Lipinski definition) is 0. The molecule has 0 heterocycles. The average molecular weight is 379 g/mol. The van der Waals surface area contributed by atoms with E-state index in [-0.39, 0.29) is 0 Å². The lowest BCUT2D eigenvalue weighted by Crippen LogP contribution is -2.44. The minimum Gasteiger partial charge on any atom is -0.228 e. The van der Waals surface area contributed by atoms with Crippen LogP contribution < -0.4 is 0 Å². The van der Waals surface area contributed by atoms with Crippen molar-refractivity contribution in [3.63, 3.8) is 0 Å². The van der Waals surface area contributed by atoms with Gasteiger partial charge in [0.15, 0.2) is 0 Å². The molecule has 0 aliphatic carbocycles. The molecule has 26 heavy (non-hydrogen) atoms. The molecule has 0 radical (unpaired) electrons. The highest BCUT2D eigenvalue weighted by Crippen LogP contribution is 2.32. The van der Waals surface area contributed by atoms with Crippen molar-refractivity contribution in [3.8, 4) is 0 Å². The molecule has 0 N–H and O–H groups in total. The normalized spacial score (nSPS) is 14.1. The molecule has 0 aliphatic rings. The molecular weight excluding hydrogens is 336 g/mol. The molecule has 0 unspecified atom stereocenters. The molecule has 0 saturated carbocycles. The first-order chi connectivity index (χ1) is 12.0. The van der Waals surface area contributed by atoms with Crippen molar-refractivity contribution in [2.45, 2.75) is 131 Å². The van der Waals surface area contributed by atoms with Gasteiger partial charge in [-0.2, -0.15) is 19.6 Å². The second-order valence-electron chi connectivity index (χ2n) is 7.96. The lowest BCUT2D eigenvalue weighted by atomic mass is 10.1. The first-order valence-corrected chi connectivity index (χ1v) is 10.1. The summed E-state index contributed by atoms with van der Waals surface area (Å²) in [6, 6.07) is 0. The van der Waals surface area contributed by atoms with E-state index in [1.165, 1.54) is 0 Å². The Bertz CT molecular complexity index is 336. The highest BCUT2D eigenvalue weighted by Gasteiger charge is 2.40. The third-order valence-corrected chi connectivity index (χ3v) is 5.04. The predicted octanol–water partition coefficient (Wildman–Crippen LogP) is 6.24. The van der Waals surface area contributed by atoms with Crippen LogP contribution in [0.1, 0.15) is 108 Å². The minimum absolute atomic E-state index is 0.406. The molecule has 0 saturated heterocycles. The Morgan fingerprint density at radius 1 is 0.385 bits per heavy atom. The molecule has 0 aromatic carbocycles. The summed E-state index contributed by atoms with van der Waals surface area (Å²) >= 11 is 0. The Labute approximate surface area is 160 Å². The molecule has 6 nitrogen and oxygen atoms in total. The molecule has 6 heteroatoms. The lowest BCUT2D eigenvalue weighted by Gasteiger charge is -2.37. The van der Waals surface area contributed by atoms with Crippen LogP contribution in [-0.4, -0.2) is 22.8 Å². The molecule has 158 valence electrons. The molecule has 0 bridgehead atoms. The Balaban J connectivity index is 5.07. The van der Waals surface area contributed by atoms with Crippen molar-refractivity contribution in [2.24, 2.45) is 0 Å². The minimum atomic E-state index is -1.01. The number of rotatable bonds is 15. The van der Waals surface area contributed by atoms with Crippen molar-refractivity contribution in [1.29, 1.82) is 0 Å². The summed E-state index contributed by atoms with van der Waals surface area (Å²) in [5.74, 6) is -2.02. The topological polar surface area (TPSA) is 55.4 Å². The van der Waals surface area contributed by atoms with Crippen LogP contribution in [0.4, 0.5) is 0 Å². The van der Waals surface area contributed by atoms with E-state index in [1.54, 1.807) is 0 Å². The van der Waals surface area contributed by atoms with Crippen molar-refractivity contribution in [2.75, 3.05) is 0 Å². The van der Waals surface area contributed by atoms with Crippen molar-refractivity contribution >= 4 is 0 Å². The summed E-state index contributed by atoms with van der Waals surface area (Å²) in [7, 11) is 0. The summed E-state index contributed by atoms with van der Waals surface area (Å²) in [6.45, 7) is 19.8. The van der Waals surface area contributed by atoms with Crippen LogP contribution in [0.15, 0.2) is 0 Å². The van der Waals surface area contributed by atoms with E-state index < -0.39 is 22.8 Å². The molecule has 0 aliphatic heterocycles. The van der Waals surface area contributed by atoms with Crippen molar-refractivity contribution in [3.05, 3.63) is 0 Å². The molecule has 0 rings (SSSR count). The fourth-order valence-corrected chi connectivity index (χ4v) is 1.65. The average Bonchev–Trinajstić information content (AvgIpc) is 2.65. The zero-order valence-electron chi connectivity index (χ0n) is 18.7. The van der Waals surface area contributed by atoms with Gasteiger partial charge in [-0.15, -0.1) is 0 Å². The summed E-state index contributed by atoms with van der Waals surface area (Å²) in [5.41, 5.74) is -0.813. The summed E-state index contributed by atoms with van der Waals surface area (Å²) in [4.78, 5) is 34.1. The van der Waals surface area contributed by atoms with Gasteiger partial charge in [-0.05, 0) is 40.5 Å². The van der Waals surface area contributed by atoms with Gasteiger partial charge in [0, 0.05) is 25.7 Å². The quantitative estimate of drug-likeness (QED) is 0.191. The summed E-state index contributed by atoms with van der Waals surface area (Å²) < 4.78 is 0. The van der Waals surface area contributed by atoms with Gasteiger partial charge in [-0.25, -0.2) is 9.78 Å². The van der Waals surface area contributed by atoms with E-state index in [2.05, 4.69) is 0 Å². The maximum Gasteiger partial charge on any atom is 0.233 e. The van der Waals surface area contributed by atoms with Gasteiger partial charge < -0.3 is 0 Å². The van der Waals surface area contributed by atoms with Crippen molar-refractivity contribution < 1.29 is 29.3 Å². The Morgan fingerprint density at radius 3 is 0.808 bits per heavy atom. The van der Waals surface area contributed by atoms with E-state index in [4.69, 9.17) is 29.3 Å². The van der Waals surface area contributed by atoms with Crippen molar-refractivity contribution in [1.82, 2.24) is 0 Å². The molecule has 0 amide bonds. The molecule has 0 aromatic rings. The van der Waals surface area contributed by atoms with Gasteiger partial charge in [0.05, 0.1) is 11.2 Å². The summed E-state index contributed by atoms with van der Waals surface area (Å²) in [6.07, 6.45) is 3.88. The van der Waals surface area contributed by atoms with Gasteiger partial charge >= 0.3 is 0 Å². The van der Waals surface area contributed by atoms with Gasteiger partial charge in [-0.3, -0.25) is 0 Å². The van der Waals surface area contributed by atoms with Crippen LogP contribution >= 0.6 is 0 Å². The van der Waals surface area contributed by atoms with Crippen LogP contribution in [0.25, 0.3) is 0 Å². The first kappa shape index (κ1) is 25.8. The van der Waals surface area contributed by atoms with E-state index in [1.807, 2.05) is 69.2 Å². The predicted molar refractivity (Wildman–Crippen MR) is 102 cm³/mol. The van der Waals surface area contributed by atoms with E-state index in [0.717, 1.165) is 12.8 Å². The molecule has 0 aromatic heterocycles. The van der Waals surface area contributed by atoms with E-state index in [0.29, 0.717) is 25.7 Å². The van der Waals surface area contributed by atoms with E-state index >= 15 is 0 Å². The number of hydrogen-bond acceptors (Lipinski definition) is 6. The SMILES string of the molecule is CCC(C)(C)OOC(CC)(CC)OOC(CC)(CC)OOC(C)(C)CC.